The predicted molar refractivity (Wildman–Crippen MR) is 122 cm³/mol. The number of anilines is 1. The summed E-state index contributed by atoms with van der Waals surface area (Å²) in [6, 6.07) is 10.0. The van der Waals surface area contributed by atoms with Crippen LogP contribution in [0.25, 0.3) is 10.9 Å². The van der Waals surface area contributed by atoms with E-state index in [9.17, 15) is 19.2 Å². The Labute approximate surface area is 194 Å². The van der Waals surface area contributed by atoms with Crippen molar-refractivity contribution in [2.75, 3.05) is 31.6 Å². The summed E-state index contributed by atoms with van der Waals surface area (Å²) in [6.45, 7) is 0.404. The van der Waals surface area contributed by atoms with Crippen molar-refractivity contribution in [3.05, 3.63) is 54.5 Å². The molecule has 0 bridgehead atoms. The number of amides is 5. The fraction of sp³-hybridized carbons (Fsp3) is 0.304. The van der Waals surface area contributed by atoms with E-state index in [1.807, 2.05) is 12.1 Å². The van der Waals surface area contributed by atoms with E-state index in [0.717, 1.165) is 15.8 Å². The van der Waals surface area contributed by atoms with Gasteiger partial charge in [0.1, 0.15) is 11.2 Å². The Morgan fingerprint density at radius 2 is 1.94 bits per heavy atom. The van der Waals surface area contributed by atoms with E-state index in [0.29, 0.717) is 18.5 Å². The lowest BCUT2D eigenvalue weighted by molar-refractivity contribution is -0.136. The number of hydrogen-bond acceptors (Lipinski definition) is 6. The molecule has 2 aliphatic rings. The number of hydrogen-bond donors (Lipinski definition) is 2. The molecule has 0 aliphatic carbocycles. The van der Waals surface area contributed by atoms with Crippen LogP contribution in [0.4, 0.5) is 10.5 Å². The molecule has 4 heterocycles. The van der Waals surface area contributed by atoms with Crippen LogP contribution < -0.4 is 10.2 Å². The maximum atomic E-state index is 13.2. The van der Waals surface area contributed by atoms with Gasteiger partial charge in [-0.25, -0.2) is 4.79 Å². The average molecular weight is 461 g/mol. The highest BCUT2D eigenvalue weighted by molar-refractivity contribution is 6.17. The average Bonchev–Trinajstić information content (AvgIpc) is 3.41. The third-order valence-electron chi connectivity index (χ3n) is 6.53. The van der Waals surface area contributed by atoms with Crippen LogP contribution in [0.5, 0.6) is 0 Å². The molecule has 11 heteroatoms. The number of fused-ring (bicyclic) bond motifs is 1. The smallest absolute Gasteiger partial charge is 0.331 e. The molecule has 5 amide bonds. The first-order chi connectivity index (χ1) is 16.4. The van der Waals surface area contributed by atoms with Crippen LogP contribution in [0.3, 0.4) is 0 Å². The zero-order chi connectivity index (χ0) is 23.9. The van der Waals surface area contributed by atoms with Gasteiger partial charge in [0.15, 0.2) is 0 Å². The van der Waals surface area contributed by atoms with E-state index < -0.39 is 17.5 Å². The van der Waals surface area contributed by atoms with Crippen LogP contribution in [-0.2, 0) is 9.59 Å². The fourth-order valence-corrected chi connectivity index (χ4v) is 4.67. The highest BCUT2D eigenvalue weighted by atomic mass is 16.2. The van der Waals surface area contributed by atoms with Gasteiger partial charge in [0.05, 0.1) is 18.3 Å². The Morgan fingerprint density at radius 3 is 2.68 bits per heavy atom. The van der Waals surface area contributed by atoms with Crippen LogP contribution in [0.1, 0.15) is 23.3 Å². The number of carbonyl (C=O) groups is 4. The van der Waals surface area contributed by atoms with Crippen LogP contribution in [0, 0.1) is 0 Å². The number of nitrogens with one attached hydrogen (secondary N) is 2. The van der Waals surface area contributed by atoms with Crippen molar-refractivity contribution in [1.82, 2.24) is 30.3 Å². The van der Waals surface area contributed by atoms with Crippen molar-refractivity contribution in [3.63, 3.8) is 0 Å². The van der Waals surface area contributed by atoms with Gasteiger partial charge in [-0.1, -0.05) is 6.07 Å². The van der Waals surface area contributed by atoms with Crippen LogP contribution >= 0.6 is 0 Å². The molecule has 2 saturated heterocycles. The number of benzene rings is 1. The van der Waals surface area contributed by atoms with E-state index in [1.54, 1.807) is 40.3 Å². The number of H-pyrrole nitrogens is 1. The predicted octanol–water partition coefficient (Wildman–Crippen LogP) is 1.15. The summed E-state index contributed by atoms with van der Waals surface area (Å²) in [5, 5.41) is 10.3. The molecule has 2 fully saturated rings. The van der Waals surface area contributed by atoms with Crippen molar-refractivity contribution in [1.29, 1.82) is 0 Å². The summed E-state index contributed by atoms with van der Waals surface area (Å²) in [5.41, 5.74) is 0.615. The highest BCUT2D eigenvalue weighted by Crippen LogP contribution is 2.40. The van der Waals surface area contributed by atoms with Crippen LogP contribution in [0.2, 0.25) is 0 Å². The lowest BCUT2D eigenvalue weighted by Crippen LogP contribution is -2.58. The number of aromatic nitrogens is 3. The molecule has 1 spiro atoms. The summed E-state index contributed by atoms with van der Waals surface area (Å²) >= 11 is 0. The Bertz CT molecular complexity index is 1280. The molecule has 0 radical (unpaired) electrons. The molecule has 3 aromatic rings. The lowest BCUT2D eigenvalue weighted by atomic mass is 9.85. The van der Waals surface area contributed by atoms with Gasteiger partial charge >= 0.3 is 6.03 Å². The standard InChI is InChI=1S/C23H23N7O4/c1-28-21(33)23(30(22(28)34)16-5-6-17-15(12-16)13-26-27-17)7-10-29(11-8-23)19(31)14-25-20(32)18-4-2-3-9-24-18/h2-6,9,12-13H,7-8,10-11,14H2,1H3,(H,25,32)(H,26,27). The number of nitrogens with zero attached hydrogens (tertiary/aromatic N) is 5. The molecule has 2 aromatic heterocycles. The molecular formula is C23H23N7O4. The molecular weight excluding hydrogens is 438 g/mol. The Kier molecular flexibility index (Phi) is 5.23. The van der Waals surface area contributed by atoms with Gasteiger partial charge in [0, 0.05) is 37.4 Å². The molecule has 0 atom stereocenters. The van der Waals surface area contributed by atoms with Crippen molar-refractivity contribution in [3.8, 4) is 0 Å². The monoisotopic (exact) mass is 461 g/mol. The summed E-state index contributed by atoms with van der Waals surface area (Å²) in [5.74, 6) is -0.961. The lowest BCUT2D eigenvalue weighted by Gasteiger charge is -2.42. The molecule has 0 saturated carbocycles. The number of likely N-dealkylation sites (N-methyl/N-ethyl adjacent to an activating group) is 1. The van der Waals surface area contributed by atoms with Gasteiger partial charge < -0.3 is 10.2 Å². The van der Waals surface area contributed by atoms with E-state index in [1.165, 1.54) is 13.2 Å². The van der Waals surface area contributed by atoms with E-state index in [2.05, 4.69) is 20.5 Å². The molecule has 34 heavy (non-hydrogen) atoms. The second-order valence-corrected chi connectivity index (χ2v) is 8.43. The maximum absolute atomic E-state index is 13.2. The SMILES string of the molecule is CN1C(=O)N(c2ccc3[nH]ncc3c2)C2(CCN(C(=O)CNC(=O)c3ccccn3)CC2)C1=O. The summed E-state index contributed by atoms with van der Waals surface area (Å²) in [7, 11) is 1.48. The topological polar surface area (TPSA) is 132 Å². The van der Waals surface area contributed by atoms with Crippen LogP contribution in [0.15, 0.2) is 48.8 Å². The summed E-state index contributed by atoms with van der Waals surface area (Å²) < 4.78 is 0. The Hall–Kier alpha value is -4.28. The minimum atomic E-state index is -1.06. The van der Waals surface area contributed by atoms with Crippen LogP contribution in [-0.4, -0.2) is 81.0 Å². The number of rotatable bonds is 4. The molecule has 174 valence electrons. The third-order valence-corrected chi connectivity index (χ3v) is 6.53. The molecule has 11 nitrogen and oxygen atoms in total. The number of carbonyl (C=O) groups excluding carboxylic acids is 4. The zero-order valence-electron chi connectivity index (χ0n) is 18.5. The minimum absolute atomic E-state index is 0.171. The molecule has 1 aromatic carbocycles. The molecule has 5 rings (SSSR count). The third kappa shape index (κ3) is 3.45. The second kappa shape index (κ2) is 8.25. The van der Waals surface area contributed by atoms with E-state index >= 15 is 0 Å². The Balaban J connectivity index is 1.30. The largest absolute Gasteiger partial charge is 0.342 e. The number of piperidine rings is 1. The van der Waals surface area contributed by atoms with Crippen molar-refractivity contribution < 1.29 is 19.2 Å². The Morgan fingerprint density at radius 1 is 1.15 bits per heavy atom. The maximum Gasteiger partial charge on any atom is 0.331 e. The van der Waals surface area contributed by atoms with Gasteiger partial charge in [-0.3, -0.25) is 34.3 Å². The molecule has 2 N–H and O–H groups in total. The summed E-state index contributed by atoms with van der Waals surface area (Å²) in [4.78, 5) is 59.5. The minimum Gasteiger partial charge on any atom is -0.342 e. The van der Waals surface area contributed by atoms with Gasteiger partial charge in [0.25, 0.3) is 11.8 Å². The second-order valence-electron chi connectivity index (χ2n) is 8.43. The quantitative estimate of drug-likeness (QED) is 0.560. The number of likely N-dealkylation sites (tertiary alicyclic amines) is 1. The number of aromatic amines is 1. The van der Waals surface area contributed by atoms with Gasteiger partial charge in [-0.15, -0.1) is 0 Å². The number of pyridine rings is 1. The van der Waals surface area contributed by atoms with Crippen molar-refractivity contribution in [2.24, 2.45) is 0 Å². The first-order valence-corrected chi connectivity index (χ1v) is 10.9. The fourth-order valence-electron chi connectivity index (χ4n) is 4.67. The molecule has 0 unspecified atom stereocenters. The summed E-state index contributed by atoms with van der Waals surface area (Å²) in [6.07, 6.45) is 3.77. The number of imide groups is 1. The van der Waals surface area contributed by atoms with Crippen molar-refractivity contribution in [2.45, 2.75) is 18.4 Å². The van der Waals surface area contributed by atoms with Gasteiger partial charge in [-0.05, 0) is 43.2 Å². The highest BCUT2D eigenvalue weighted by Gasteiger charge is 2.57. The molecule has 2 aliphatic heterocycles. The van der Waals surface area contributed by atoms with E-state index in [4.69, 9.17) is 0 Å². The first kappa shape index (κ1) is 21.6. The van der Waals surface area contributed by atoms with Gasteiger partial charge in [0.2, 0.25) is 5.91 Å². The van der Waals surface area contributed by atoms with Gasteiger partial charge in [-0.2, -0.15) is 5.10 Å². The normalized spacial score (nSPS) is 17.6. The van der Waals surface area contributed by atoms with Crippen molar-refractivity contribution >= 4 is 40.3 Å². The first-order valence-electron chi connectivity index (χ1n) is 10.9. The zero-order valence-corrected chi connectivity index (χ0v) is 18.5. The number of urea groups is 1. The van der Waals surface area contributed by atoms with E-state index in [-0.39, 0.29) is 37.1 Å².